The fraction of sp³-hybridized carbons (Fsp3) is 0.476. The summed E-state index contributed by atoms with van der Waals surface area (Å²) in [5, 5.41) is 3.13. The van der Waals surface area contributed by atoms with Gasteiger partial charge in [-0.2, -0.15) is 0 Å². The van der Waals surface area contributed by atoms with Gasteiger partial charge in [-0.15, -0.1) is 0 Å². The number of ether oxygens (including phenoxy) is 1. The third-order valence-electron chi connectivity index (χ3n) is 4.91. The maximum absolute atomic E-state index is 13.0. The van der Waals surface area contributed by atoms with Crippen LogP contribution in [0.5, 0.6) is 5.75 Å². The molecule has 3 rings (SSSR count). The van der Waals surface area contributed by atoms with Crippen LogP contribution in [-0.2, 0) is 11.3 Å². The fourth-order valence-electron chi connectivity index (χ4n) is 3.37. The van der Waals surface area contributed by atoms with Gasteiger partial charge in [0.25, 0.3) is 5.91 Å². The highest BCUT2D eigenvalue weighted by atomic mass is 19.1. The molecule has 7 nitrogen and oxygen atoms in total. The van der Waals surface area contributed by atoms with E-state index >= 15 is 0 Å². The minimum Gasteiger partial charge on any atom is -0.484 e. The molecule has 0 saturated carbocycles. The number of nitrogens with one attached hydrogen (secondary N) is 1. The highest BCUT2D eigenvalue weighted by Crippen LogP contribution is 2.26. The summed E-state index contributed by atoms with van der Waals surface area (Å²) in [6, 6.07) is 7.64. The second-order valence-electron chi connectivity index (χ2n) is 7.42. The summed E-state index contributed by atoms with van der Waals surface area (Å²) in [5.74, 6) is 1.79. The molecule has 156 valence electrons. The number of amides is 1. The molecule has 1 N–H and O–H groups in total. The zero-order valence-corrected chi connectivity index (χ0v) is 17.2. The van der Waals surface area contributed by atoms with Crippen LogP contribution < -0.4 is 15.0 Å². The first kappa shape index (κ1) is 21.0. The van der Waals surface area contributed by atoms with Gasteiger partial charge in [-0.3, -0.25) is 4.79 Å². The lowest BCUT2D eigenvalue weighted by molar-refractivity contribution is -0.134. The average Bonchev–Trinajstić information content (AvgIpc) is 2.73. The monoisotopic (exact) mass is 401 g/mol. The Morgan fingerprint density at radius 1 is 1.31 bits per heavy atom. The number of rotatable bonds is 7. The van der Waals surface area contributed by atoms with Gasteiger partial charge in [-0.1, -0.05) is 0 Å². The van der Waals surface area contributed by atoms with E-state index in [0.717, 1.165) is 30.2 Å². The smallest absolute Gasteiger partial charge is 0.260 e. The van der Waals surface area contributed by atoms with Crippen LogP contribution in [0, 0.1) is 5.82 Å². The number of hydrogen-bond donors (Lipinski definition) is 1. The molecular formula is C21H28FN5O2. The number of carbonyl (C=O) groups is 1. The van der Waals surface area contributed by atoms with Crippen LogP contribution in [0.1, 0.15) is 30.3 Å². The number of piperidine rings is 1. The van der Waals surface area contributed by atoms with Crippen LogP contribution in [0.4, 0.5) is 10.2 Å². The zero-order valence-electron chi connectivity index (χ0n) is 17.2. The molecule has 1 amide bonds. The number of halogens is 1. The molecule has 1 aromatic carbocycles. The summed E-state index contributed by atoms with van der Waals surface area (Å²) in [5.41, 5.74) is 0.935. The summed E-state index contributed by atoms with van der Waals surface area (Å²) in [4.78, 5) is 25.8. The van der Waals surface area contributed by atoms with Crippen molar-refractivity contribution in [2.75, 3.05) is 45.7 Å². The maximum atomic E-state index is 13.0. The maximum Gasteiger partial charge on any atom is 0.260 e. The first-order chi connectivity index (χ1) is 14.0. The Labute approximate surface area is 170 Å². The number of likely N-dealkylation sites (tertiary alicyclic amines) is 1. The van der Waals surface area contributed by atoms with Crippen LogP contribution in [0.2, 0.25) is 0 Å². The van der Waals surface area contributed by atoms with Gasteiger partial charge in [-0.05, 0) is 44.2 Å². The minimum absolute atomic E-state index is 0.0675. The van der Waals surface area contributed by atoms with E-state index in [9.17, 15) is 9.18 Å². The van der Waals surface area contributed by atoms with E-state index < -0.39 is 0 Å². The molecule has 2 heterocycles. The predicted molar refractivity (Wildman–Crippen MR) is 110 cm³/mol. The lowest BCUT2D eigenvalue weighted by atomic mass is 9.97. The van der Waals surface area contributed by atoms with E-state index in [1.165, 1.54) is 24.3 Å². The number of carbonyl (C=O) groups excluding carboxylic acids is 1. The Balaban J connectivity index is 1.66. The molecule has 2 aromatic rings. The second kappa shape index (κ2) is 9.65. The Bertz CT molecular complexity index is 828. The lowest BCUT2D eigenvalue weighted by Crippen LogP contribution is -2.42. The number of benzene rings is 1. The Hall–Kier alpha value is -2.74. The lowest BCUT2D eigenvalue weighted by Gasteiger charge is -2.32. The van der Waals surface area contributed by atoms with Crippen molar-refractivity contribution in [2.24, 2.45) is 0 Å². The Morgan fingerprint density at radius 2 is 2.07 bits per heavy atom. The largest absolute Gasteiger partial charge is 0.484 e. The standard InChI is InChI=1S/C21H28FN5O2/c1-23-12-17-11-19(26(2)3)25-21(24-17)15-5-4-10-27(13-15)20(28)14-29-18-8-6-16(22)7-9-18/h6-9,11,15,23H,4-5,10,12-14H2,1-3H3/t15-/m0/s1. The van der Waals surface area contributed by atoms with Gasteiger partial charge in [0, 0.05) is 45.7 Å². The minimum atomic E-state index is -0.333. The van der Waals surface area contributed by atoms with Crippen molar-refractivity contribution >= 4 is 11.7 Å². The van der Waals surface area contributed by atoms with Crippen LogP contribution in [0.25, 0.3) is 0 Å². The van der Waals surface area contributed by atoms with Gasteiger partial charge in [0.15, 0.2) is 6.61 Å². The van der Waals surface area contributed by atoms with Crippen molar-refractivity contribution in [3.8, 4) is 5.75 Å². The molecule has 0 spiro atoms. The topological polar surface area (TPSA) is 70.6 Å². The van der Waals surface area contributed by atoms with Crippen LogP contribution in [0.15, 0.2) is 30.3 Å². The number of anilines is 1. The summed E-state index contributed by atoms with van der Waals surface area (Å²) >= 11 is 0. The third kappa shape index (κ3) is 5.63. The first-order valence-corrected chi connectivity index (χ1v) is 9.82. The molecule has 0 bridgehead atoms. The van der Waals surface area contributed by atoms with Crippen molar-refractivity contribution in [2.45, 2.75) is 25.3 Å². The van der Waals surface area contributed by atoms with Gasteiger partial charge >= 0.3 is 0 Å². The van der Waals surface area contributed by atoms with E-state index in [2.05, 4.69) is 5.32 Å². The molecule has 0 radical (unpaired) electrons. The molecule has 1 aliphatic heterocycles. The number of hydrogen-bond acceptors (Lipinski definition) is 6. The molecule has 1 atom stereocenters. The van der Waals surface area contributed by atoms with E-state index in [0.29, 0.717) is 25.4 Å². The molecule has 0 aliphatic carbocycles. The molecule has 29 heavy (non-hydrogen) atoms. The molecule has 1 aliphatic rings. The van der Waals surface area contributed by atoms with Crippen molar-refractivity contribution in [3.05, 3.63) is 47.7 Å². The molecule has 0 unspecified atom stereocenters. The second-order valence-corrected chi connectivity index (χ2v) is 7.42. The van der Waals surface area contributed by atoms with Gasteiger partial charge < -0.3 is 19.9 Å². The SMILES string of the molecule is CNCc1cc(N(C)C)nc([C@H]2CCCN(C(=O)COc3ccc(F)cc3)C2)n1. The number of nitrogens with zero attached hydrogens (tertiary/aromatic N) is 4. The fourth-order valence-corrected chi connectivity index (χ4v) is 3.37. The molecule has 1 aromatic heterocycles. The van der Waals surface area contributed by atoms with E-state index in [1.54, 1.807) is 4.90 Å². The van der Waals surface area contributed by atoms with Crippen molar-refractivity contribution < 1.29 is 13.9 Å². The quantitative estimate of drug-likeness (QED) is 0.767. The van der Waals surface area contributed by atoms with Gasteiger partial charge in [0.2, 0.25) is 0 Å². The summed E-state index contributed by atoms with van der Waals surface area (Å²) in [7, 11) is 5.80. The average molecular weight is 401 g/mol. The predicted octanol–water partition coefficient (Wildman–Crippen LogP) is 2.19. The van der Waals surface area contributed by atoms with Crippen LogP contribution >= 0.6 is 0 Å². The number of aromatic nitrogens is 2. The summed E-state index contributed by atoms with van der Waals surface area (Å²) < 4.78 is 18.5. The van der Waals surface area contributed by atoms with Crippen LogP contribution in [-0.4, -0.2) is 61.6 Å². The van der Waals surface area contributed by atoms with Gasteiger partial charge in [-0.25, -0.2) is 14.4 Å². The molecule has 8 heteroatoms. The van der Waals surface area contributed by atoms with Gasteiger partial charge in [0.1, 0.15) is 23.2 Å². The summed E-state index contributed by atoms with van der Waals surface area (Å²) in [6.45, 7) is 1.86. The van der Waals surface area contributed by atoms with E-state index in [4.69, 9.17) is 14.7 Å². The van der Waals surface area contributed by atoms with E-state index in [1.807, 2.05) is 32.1 Å². The van der Waals surface area contributed by atoms with Crippen molar-refractivity contribution in [1.29, 1.82) is 0 Å². The van der Waals surface area contributed by atoms with Crippen molar-refractivity contribution in [1.82, 2.24) is 20.2 Å². The first-order valence-electron chi connectivity index (χ1n) is 9.82. The normalized spacial score (nSPS) is 16.6. The molecule has 1 fully saturated rings. The third-order valence-corrected chi connectivity index (χ3v) is 4.91. The van der Waals surface area contributed by atoms with E-state index in [-0.39, 0.29) is 24.2 Å². The molecular weight excluding hydrogens is 373 g/mol. The van der Waals surface area contributed by atoms with Crippen LogP contribution in [0.3, 0.4) is 0 Å². The van der Waals surface area contributed by atoms with Crippen molar-refractivity contribution in [3.63, 3.8) is 0 Å². The zero-order chi connectivity index (χ0) is 20.8. The Morgan fingerprint density at radius 3 is 2.76 bits per heavy atom. The highest BCUT2D eigenvalue weighted by molar-refractivity contribution is 5.78. The summed E-state index contributed by atoms with van der Waals surface area (Å²) in [6.07, 6.45) is 1.84. The Kier molecular flexibility index (Phi) is 6.98. The van der Waals surface area contributed by atoms with Gasteiger partial charge in [0.05, 0.1) is 5.69 Å². The highest BCUT2D eigenvalue weighted by Gasteiger charge is 2.27. The molecule has 1 saturated heterocycles.